The summed E-state index contributed by atoms with van der Waals surface area (Å²) in [6.45, 7) is 6.75. The van der Waals surface area contributed by atoms with Crippen LogP contribution >= 0.6 is 0 Å². The third kappa shape index (κ3) is 3.67. The molecular weight excluding hydrogens is 276 g/mol. The Morgan fingerprint density at radius 1 is 1.32 bits per heavy atom. The molecule has 4 nitrogen and oxygen atoms in total. The molecule has 1 heterocycles. The molecule has 1 saturated carbocycles. The minimum atomic E-state index is -0.570. The Bertz CT molecular complexity index is 516. The lowest BCUT2D eigenvalue weighted by Crippen LogP contribution is -2.32. The molecule has 22 heavy (non-hydrogen) atoms. The van der Waals surface area contributed by atoms with Gasteiger partial charge in [-0.15, -0.1) is 0 Å². The highest BCUT2D eigenvalue weighted by Crippen LogP contribution is 2.43. The van der Waals surface area contributed by atoms with Crippen molar-refractivity contribution in [2.75, 3.05) is 7.11 Å². The van der Waals surface area contributed by atoms with Gasteiger partial charge in [0.2, 0.25) is 5.90 Å². The summed E-state index contributed by atoms with van der Waals surface area (Å²) in [5.74, 6) is 2.01. The summed E-state index contributed by atoms with van der Waals surface area (Å²) < 4.78 is 4.93. The molecule has 0 bridgehead atoms. The Morgan fingerprint density at radius 2 is 2.05 bits per heavy atom. The fourth-order valence-electron chi connectivity index (χ4n) is 3.71. The molecule has 1 aromatic heterocycles. The molecule has 0 amide bonds. The van der Waals surface area contributed by atoms with Crippen LogP contribution in [-0.4, -0.2) is 23.1 Å². The van der Waals surface area contributed by atoms with Crippen molar-refractivity contribution in [1.29, 1.82) is 5.41 Å². The SMILES string of the molecule is COC(=N)c1cccc([C@H](O)[C@H]2C[C@H](C)CC[C@H]2C(C)C)n1. The molecule has 0 spiro atoms. The zero-order valence-corrected chi connectivity index (χ0v) is 14.0. The van der Waals surface area contributed by atoms with Crippen molar-refractivity contribution in [3.63, 3.8) is 0 Å². The van der Waals surface area contributed by atoms with E-state index in [-0.39, 0.29) is 11.8 Å². The van der Waals surface area contributed by atoms with Crippen molar-refractivity contribution in [3.8, 4) is 0 Å². The molecule has 0 radical (unpaired) electrons. The van der Waals surface area contributed by atoms with Gasteiger partial charge in [-0.25, -0.2) is 4.98 Å². The van der Waals surface area contributed by atoms with Gasteiger partial charge in [-0.05, 0) is 48.6 Å². The van der Waals surface area contributed by atoms with Crippen molar-refractivity contribution in [3.05, 3.63) is 29.6 Å². The normalized spacial score (nSPS) is 26.7. The molecule has 122 valence electrons. The first kappa shape index (κ1) is 16.9. The number of aromatic nitrogens is 1. The number of pyridine rings is 1. The number of hydrogen-bond acceptors (Lipinski definition) is 4. The lowest BCUT2D eigenvalue weighted by molar-refractivity contribution is 0.0121. The molecular formula is C18H28N2O2. The average Bonchev–Trinajstić information content (AvgIpc) is 2.53. The number of ether oxygens (including phenoxy) is 1. The van der Waals surface area contributed by atoms with Crippen molar-refractivity contribution in [1.82, 2.24) is 4.98 Å². The topological polar surface area (TPSA) is 66.2 Å². The molecule has 1 aliphatic carbocycles. The molecule has 1 fully saturated rings. The quantitative estimate of drug-likeness (QED) is 0.657. The van der Waals surface area contributed by atoms with Crippen LogP contribution in [0.3, 0.4) is 0 Å². The minimum absolute atomic E-state index is 0.0338. The summed E-state index contributed by atoms with van der Waals surface area (Å²) in [6.07, 6.45) is 2.89. The monoisotopic (exact) mass is 304 g/mol. The van der Waals surface area contributed by atoms with Crippen molar-refractivity contribution in [2.24, 2.45) is 23.7 Å². The largest absolute Gasteiger partial charge is 0.480 e. The average molecular weight is 304 g/mol. The van der Waals surface area contributed by atoms with E-state index >= 15 is 0 Å². The first-order chi connectivity index (χ1) is 10.4. The first-order valence-corrected chi connectivity index (χ1v) is 8.22. The van der Waals surface area contributed by atoms with Crippen molar-refractivity contribution < 1.29 is 9.84 Å². The molecule has 2 rings (SSSR count). The highest BCUT2D eigenvalue weighted by Gasteiger charge is 2.36. The van der Waals surface area contributed by atoms with Gasteiger partial charge in [0.25, 0.3) is 0 Å². The second kappa shape index (κ2) is 7.23. The van der Waals surface area contributed by atoms with Crippen LogP contribution in [0.15, 0.2) is 18.2 Å². The summed E-state index contributed by atoms with van der Waals surface area (Å²) in [5, 5.41) is 18.6. The molecule has 4 heteroatoms. The Balaban J connectivity index is 2.24. The number of nitrogens with zero attached hydrogens (tertiary/aromatic N) is 1. The number of aliphatic hydroxyl groups excluding tert-OH is 1. The fraction of sp³-hybridized carbons (Fsp3) is 0.667. The maximum Gasteiger partial charge on any atom is 0.232 e. The number of rotatable bonds is 4. The highest BCUT2D eigenvalue weighted by molar-refractivity contribution is 5.89. The van der Waals surface area contributed by atoms with E-state index in [1.54, 1.807) is 6.07 Å². The van der Waals surface area contributed by atoms with E-state index in [1.807, 2.05) is 12.1 Å². The van der Waals surface area contributed by atoms with Crippen LogP contribution in [0, 0.1) is 29.1 Å². The summed E-state index contributed by atoms with van der Waals surface area (Å²) in [7, 11) is 1.46. The molecule has 0 aromatic carbocycles. The lowest BCUT2D eigenvalue weighted by atomic mass is 9.67. The summed E-state index contributed by atoms with van der Waals surface area (Å²) in [4.78, 5) is 4.44. The third-order valence-corrected chi connectivity index (χ3v) is 4.99. The summed E-state index contributed by atoms with van der Waals surface area (Å²) >= 11 is 0. The second-order valence-corrected chi connectivity index (χ2v) is 6.92. The van der Waals surface area contributed by atoms with Crippen LogP contribution in [0.5, 0.6) is 0 Å². The van der Waals surface area contributed by atoms with E-state index in [1.165, 1.54) is 20.0 Å². The van der Waals surface area contributed by atoms with Crippen LogP contribution < -0.4 is 0 Å². The van der Waals surface area contributed by atoms with Crippen LogP contribution in [0.4, 0.5) is 0 Å². The summed E-state index contributed by atoms with van der Waals surface area (Å²) in [6, 6.07) is 5.43. The number of aliphatic hydroxyl groups is 1. The van der Waals surface area contributed by atoms with Gasteiger partial charge in [-0.3, -0.25) is 5.41 Å². The van der Waals surface area contributed by atoms with E-state index < -0.39 is 6.10 Å². The lowest BCUT2D eigenvalue weighted by Gasteiger charge is -2.39. The Kier molecular flexibility index (Phi) is 5.57. The van der Waals surface area contributed by atoms with Gasteiger partial charge < -0.3 is 9.84 Å². The minimum Gasteiger partial charge on any atom is -0.480 e. The molecule has 1 aromatic rings. The number of hydrogen-bond donors (Lipinski definition) is 2. The van der Waals surface area contributed by atoms with E-state index in [9.17, 15) is 5.11 Å². The van der Waals surface area contributed by atoms with Gasteiger partial charge in [0.15, 0.2) is 0 Å². The van der Waals surface area contributed by atoms with Crippen LogP contribution in [0.2, 0.25) is 0 Å². The number of nitrogens with one attached hydrogen (secondary N) is 1. The van der Waals surface area contributed by atoms with E-state index in [4.69, 9.17) is 10.1 Å². The van der Waals surface area contributed by atoms with Crippen molar-refractivity contribution in [2.45, 2.75) is 46.1 Å². The van der Waals surface area contributed by atoms with Gasteiger partial charge in [0, 0.05) is 0 Å². The van der Waals surface area contributed by atoms with Gasteiger partial charge in [-0.2, -0.15) is 0 Å². The zero-order valence-electron chi connectivity index (χ0n) is 14.0. The Hall–Kier alpha value is -1.42. The molecule has 0 aliphatic heterocycles. The van der Waals surface area contributed by atoms with Gasteiger partial charge in [-0.1, -0.05) is 33.3 Å². The highest BCUT2D eigenvalue weighted by atomic mass is 16.5. The molecule has 0 unspecified atom stereocenters. The molecule has 2 N–H and O–H groups in total. The van der Waals surface area contributed by atoms with Crippen LogP contribution in [0.25, 0.3) is 0 Å². The van der Waals surface area contributed by atoms with E-state index in [0.29, 0.717) is 29.1 Å². The predicted octanol–water partition coefficient (Wildman–Crippen LogP) is 3.80. The number of methoxy groups -OCH3 is 1. The van der Waals surface area contributed by atoms with Crippen LogP contribution in [0.1, 0.15) is 57.5 Å². The van der Waals surface area contributed by atoms with E-state index in [0.717, 1.165) is 6.42 Å². The third-order valence-electron chi connectivity index (χ3n) is 4.99. The predicted molar refractivity (Wildman–Crippen MR) is 87.9 cm³/mol. The standard InChI is InChI=1S/C18H28N2O2/c1-11(2)13-9-8-12(3)10-14(13)17(21)15-6-5-7-16(20-15)18(19)22-4/h5-7,11-14,17,19,21H,8-10H2,1-4H3/t12-,13+,14+,17-/m1/s1. The Labute approximate surface area is 133 Å². The van der Waals surface area contributed by atoms with E-state index in [2.05, 4.69) is 25.8 Å². The zero-order chi connectivity index (χ0) is 16.3. The maximum atomic E-state index is 10.9. The fourth-order valence-corrected chi connectivity index (χ4v) is 3.71. The Morgan fingerprint density at radius 3 is 2.68 bits per heavy atom. The molecule has 4 atom stereocenters. The van der Waals surface area contributed by atoms with Crippen molar-refractivity contribution >= 4 is 5.90 Å². The van der Waals surface area contributed by atoms with Gasteiger partial charge in [0.05, 0.1) is 18.9 Å². The molecule has 1 aliphatic rings. The van der Waals surface area contributed by atoms with Gasteiger partial charge in [0.1, 0.15) is 5.69 Å². The maximum absolute atomic E-state index is 10.9. The first-order valence-electron chi connectivity index (χ1n) is 8.22. The summed E-state index contributed by atoms with van der Waals surface area (Å²) in [5.41, 5.74) is 1.13. The van der Waals surface area contributed by atoms with Gasteiger partial charge >= 0.3 is 0 Å². The smallest absolute Gasteiger partial charge is 0.232 e. The second-order valence-electron chi connectivity index (χ2n) is 6.92. The molecule has 0 saturated heterocycles. The van der Waals surface area contributed by atoms with Crippen LogP contribution in [-0.2, 0) is 4.74 Å².